The summed E-state index contributed by atoms with van der Waals surface area (Å²) in [7, 11) is 0. The molecule has 8 heteroatoms. The number of carbonyl (C=O) groups is 3. The van der Waals surface area contributed by atoms with Crippen LogP contribution >= 0.6 is 0 Å². The van der Waals surface area contributed by atoms with Crippen LogP contribution in [0.4, 0.5) is 0 Å². The van der Waals surface area contributed by atoms with E-state index in [0.717, 1.165) is 16.5 Å². The zero-order valence-electron chi connectivity index (χ0n) is 18.3. The molecule has 1 aliphatic heterocycles. The number of amides is 2. The van der Waals surface area contributed by atoms with Gasteiger partial charge < -0.3 is 25.5 Å². The Kier molecular flexibility index (Phi) is 8.44. The molecule has 1 aromatic heterocycles. The normalized spacial score (nSPS) is 21.2. The number of aromatic nitrogens is 1. The van der Waals surface area contributed by atoms with Crippen LogP contribution in [0.5, 0.6) is 0 Å². The van der Waals surface area contributed by atoms with Crippen LogP contribution in [0.1, 0.15) is 38.2 Å². The lowest BCUT2D eigenvalue weighted by Gasteiger charge is -2.23. The molecule has 0 unspecified atom stereocenters. The zero-order chi connectivity index (χ0) is 22.9. The maximum atomic E-state index is 13.1. The third kappa shape index (κ3) is 6.68. The van der Waals surface area contributed by atoms with Crippen molar-refractivity contribution in [2.24, 2.45) is 5.92 Å². The smallest absolute Gasteiger partial charge is 0.306 e. The number of H-pyrrole nitrogens is 1. The van der Waals surface area contributed by atoms with Crippen molar-refractivity contribution < 1.29 is 24.2 Å². The van der Waals surface area contributed by atoms with Crippen molar-refractivity contribution in [3.8, 4) is 0 Å². The average Bonchev–Trinajstić information content (AvgIpc) is 3.18. The number of ether oxygens (including phenoxy) is 1. The molecule has 32 heavy (non-hydrogen) atoms. The van der Waals surface area contributed by atoms with E-state index >= 15 is 0 Å². The first-order valence-corrected chi connectivity index (χ1v) is 11.0. The van der Waals surface area contributed by atoms with Gasteiger partial charge in [0.2, 0.25) is 11.8 Å². The van der Waals surface area contributed by atoms with Gasteiger partial charge in [-0.3, -0.25) is 14.4 Å². The highest BCUT2D eigenvalue weighted by atomic mass is 16.5. The highest BCUT2D eigenvalue weighted by Crippen LogP contribution is 2.20. The number of benzene rings is 1. The second-order valence-corrected chi connectivity index (χ2v) is 8.25. The minimum atomic E-state index is -0.558. The molecule has 2 aromatic rings. The number of cyclic esters (lactones) is 1. The summed E-state index contributed by atoms with van der Waals surface area (Å²) in [6.07, 6.45) is 7.24. The SMILES string of the molecule is C[C@H](CO)NC(=O)C[C@H]1CC=CCCC(=O)OC[C@H](Cc2c[nH]c3ccccc23)NC1=O. The number of hydrogen-bond donors (Lipinski definition) is 4. The molecule has 0 radical (unpaired) electrons. The molecule has 2 heterocycles. The number of aliphatic hydroxyl groups excluding tert-OH is 1. The molecule has 3 atom stereocenters. The Morgan fingerprint density at radius 1 is 1.28 bits per heavy atom. The van der Waals surface area contributed by atoms with Crippen LogP contribution < -0.4 is 10.6 Å². The third-order valence-corrected chi connectivity index (χ3v) is 5.52. The van der Waals surface area contributed by atoms with Crippen LogP contribution in [0.15, 0.2) is 42.6 Å². The van der Waals surface area contributed by atoms with Crippen LogP contribution in [-0.4, -0.2) is 53.2 Å². The lowest BCUT2D eigenvalue weighted by atomic mass is 9.97. The highest BCUT2D eigenvalue weighted by Gasteiger charge is 2.25. The van der Waals surface area contributed by atoms with Crippen LogP contribution in [0.3, 0.4) is 0 Å². The summed E-state index contributed by atoms with van der Waals surface area (Å²) in [5, 5.41) is 15.9. The fourth-order valence-corrected chi connectivity index (χ4v) is 3.77. The monoisotopic (exact) mass is 441 g/mol. The predicted octanol–water partition coefficient (Wildman–Crippen LogP) is 1.98. The molecule has 2 amide bonds. The fraction of sp³-hybridized carbons (Fsp3) is 0.458. The quantitative estimate of drug-likeness (QED) is 0.404. The number of para-hydroxylation sites is 1. The molecule has 3 rings (SSSR count). The summed E-state index contributed by atoms with van der Waals surface area (Å²) in [5.41, 5.74) is 2.01. The van der Waals surface area contributed by atoms with Crippen molar-refractivity contribution in [3.63, 3.8) is 0 Å². The summed E-state index contributed by atoms with van der Waals surface area (Å²) >= 11 is 0. The Labute approximate surface area is 187 Å². The summed E-state index contributed by atoms with van der Waals surface area (Å²) in [5.74, 6) is -1.41. The van der Waals surface area contributed by atoms with E-state index in [-0.39, 0.29) is 49.9 Å². The Balaban J connectivity index is 1.75. The Morgan fingerprint density at radius 2 is 2.09 bits per heavy atom. The van der Waals surface area contributed by atoms with Crippen LogP contribution in [0.25, 0.3) is 10.9 Å². The number of carbonyl (C=O) groups excluding carboxylic acids is 3. The van der Waals surface area contributed by atoms with Crippen molar-refractivity contribution >= 4 is 28.7 Å². The van der Waals surface area contributed by atoms with Gasteiger partial charge >= 0.3 is 5.97 Å². The summed E-state index contributed by atoms with van der Waals surface area (Å²) in [6, 6.07) is 7.09. The van der Waals surface area contributed by atoms with Gasteiger partial charge in [-0.25, -0.2) is 0 Å². The van der Waals surface area contributed by atoms with Gasteiger partial charge in [0.15, 0.2) is 0 Å². The van der Waals surface area contributed by atoms with E-state index in [1.807, 2.05) is 42.6 Å². The van der Waals surface area contributed by atoms with Crippen molar-refractivity contribution in [1.82, 2.24) is 15.6 Å². The molecule has 172 valence electrons. The highest BCUT2D eigenvalue weighted by molar-refractivity contribution is 5.86. The third-order valence-electron chi connectivity index (χ3n) is 5.52. The maximum Gasteiger partial charge on any atom is 0.306 e. The van der Waals surface area contributed by atoms with Gasteiger partial charge in [-0.05, 0) is 37.8 Å². The summed E-state index contributed by atoms with van der Waals surface area (Å²) < 4.78 is 5.42. The Hall–Kier alpha value is -3.13. The molecule has 0 bridgehead atoms. The second kappa shape index (κ2) is 11.5. The van der Waals surface area contributed by atoms with Crippen molar-refractivity contribution in [3.05, 3.63) is 48.2 Å². The van der Waals surface area contributed by atoms with Crippen molar-refractivity contribution in [1.29, 1.82) is 0 Å². The topological polar surface area (TPSA) is 121 Å². The molecule has 0 saturated heterocycles. The van der Waals surface area contributed by atoms with Gasteiger partial charge in [0.25, 0.3) is 0 Å². The van der Waals surface area contributed by atoms with Gasteiger partial charge in [0.1, 0.15) is 6.61 Å². The molecule has 0 aliphatic carbocycles. The minimum Gasteiger partial charge on any atom is -0.463 e. The Bertz CT molecular complexity index is 967. The van der Waals surface area contributed by atoms with Crippen molar-refractivity contribution in [2.45, 2.75) is 51.1 Å². The molecule has 8 nitrogen and oxygen atoms in total. The minimum absolute atomic E-state index is 0.0140. The molecule has 4 N–H and O–H groups in total. The lowest BCUT2D eigenvalue weighted by molar-refractivity contribution is -0.145. The zero-order valence-corrected chi connectivity index (χ0v) is 18.3. The number of allylic oxidation sites excluding steroid dienone is 2. The Morgan fingerprint density at radius 3 is 2.91 bits per heavy atom. The number of nitrogens with one attached hydrogen (secondary N) is 3. The van der Waals surface area contributed by atoms with Crippen LogP contribution in [0.2, 0.25) is 0 Å². The summed E-state index contributed by atoms with van der Waals surface area (Å²) in [6.45, 7) is 1.60. The fourth-order valence-electron chi connectivity index (χ4n) is 3.77. The van der Waals surface area contributed by atoms with E-state index in [1.54, 1.807) is 6.92 Å². The number of aromatic amines is 1. The molecular formula is C24H31N3O5. The number of hydrogen-bond acceptors (Lipinski definition) is 5. The number of aliphatic hydroxyl groups is 1. The van der Waals surface area contributed by atoms with Gasteiger partial charge in [-0.1, -0.05) is 30.4 Å². The van der Waals surface area contributed by atoms with Gasteiger partial charge in [-0.15, -0.1) is 0 Å². The number of fused-ring (bicyclic) bond motifs is 1. The maximum absolute atomic E-state index is 13.1. The van der Waals surface area contributed by atoms with Crippen LogP contribution in [-0.2, 0) is 25.5 Å². The molecule has 0 spiro atoms. The standard InChI is InChI=1S/C24H31N3O5/c1-16(14-28)26-22(29)12-17-7-3-2-4-10-23(30)32-15-19(27-24(17)31)11-18-13-25-21-9-6-5-8-20(18)21/h2-3,5-6,8-9,13,16-17,19,25,28H,4,7,10-12,14-15H2,1H3,(H,26,29)(H,27,31)/t16-,17-,19+/m1/s1. The molecule has 1 aromatic carbocycles. The largest absolute Gasteiger partial charge is 0.463 e. The first kappa shape index (κ1) is 23.5. The van der Waals surface area contributed by atoms with E-state index in [9.17, 15) is 14.4 Å². The number of rotatable bonds is 6. The van der Waals surface area contributed by atoms with E-state index in [2.05, 4.69) is 15.6 Å². The lowest BCUT2D eigenvalue weighted by Crippen LogP contribution is -2.45. The van der Waals surface area contributed by atoms with E-state index in [4.69, 9.17) is 9.84 Å². The van der Waals surface area contributed by atoms with Gasteiger partial charge in [-0.2, -0.15) is 0 Å². The van der Waals surface area contributed by atoms with Crippen molar-refractivity contribution in [2.75, 3.05) is 13.2 Å². The van der Waals surface area contributed by atoms with Crippen LogP contribution in [0, 0.1) is 5.92 Å². The molecule has 1 aliphatic rings. The van der Waals surface area contributed by atoms with E-state index in [1.165, 1.54) is 0 Å². The first-order chi connectivity index (χ1) is 15.5. The second-order valence-electron chi connectivity index (χ2n) is 8.25. The first-order valence-electron chi connectivity index (χ1n) is 11.0. The predicted molar refractivity (Wildman–Crippen MR) is 121 cm³/mol. The molecule has 0 saturated carbocycles. The van der Waals surface area contributed by atoms with E-state index in [0.29, 0.717) is 19.3 Å². The molecule has 0 fully saturated rings. The summed E-state index contributed by atoms with van der Waals surface area (Å²) in [4.78, 5) is 40.7. The number of esters is 1. The van der Waals surface area contributed by atoms with Gasteiger partial charge in [0.05, 0.1) is 18.6 Å². The molecular weight excluding hydrogens is 410 g/mol. The van der Waals surface area contributed by atoms with E-state index < -0.39 is 12.0 Å². The average molecular weight is 442 g/mol. The van der Waals surface area contributed by atoms with Gasteiger partial charge in [0, 0.05) is 36.0 Å².